The lowest BCUT2D eigenvalue weighted by Gasteiger charge is -2.35. The van der Waals surface area contributed by atoms with Crippen molar-refractivity contribution in [3.8, 4) is 5.75 Å². The molecule has 6 nitrogen and oxygen atoms in total. The molecule has 0 aliphatic carbocycles. The van der Waals surface area contributed by atoms with E-state index in [1.807, 2.05) is 6.92 Å². The Morgan fingerprint density at radius 1 is 1.13 bits per heavy atom. The summed E-state index contributed by atoms with van der Waals surface area (Å²) in [6.45, 7) is 1.52. The van der Waals surface area contributed by atoms with Crippen molar-refractivity contribution in [1.82, 2.24) is 0 Å². The van der Waals surface area contributed by atoms with E-state index in [2.05, 4.69) is 0 Å². The molecule has 12 heteroatoms. The number of halogens is 4. The second-order valence-corrected chi connectivity index (χ2v) is 11.7. The van der Waals surface area contributed by atoms with E-state index in [0.29, 0.717) is 12.5 Å². The smallest absolute Gasteiger partial charge is 0.416 e. The Morgan fingerprint density at radius 2 is 1.84 bits per heavy atom. The van der Waals surface area contributed by atoms with Crippen molar-refractivity contribution in [1.29, 1.82) is 0 Å². The number of nitrogens with zero attached hydrogens (tertiary/aromatic N) is 1. The summed E-state index contributed by atoms with van der Waals surface area (Å²) in [5.41, 5.74) is -0.175. The summed E-state index contributed by atoms with van der Waals surface area (Å²) in [5, 5.41) is 0. The van der Waals surface area contributed by atoms with Crippen LogP contribution in [-0.4, -0.2) is 35.2 Å². The number of anilines is 1. The molecule has 1 unspecified atom stereocenters. The molecule has 2 aromatic rings. The summed E-state index contributed by atoms with van der Waals surface area (Å²) < 4.78 is 95.6. The molecular weight excluding hydrogens is 479 g/mol. The SMILES string of the molecule is CCCc1ccc2c(c1)N(S(=O)(=O)c1cccc(C(F)(F)F)c1)CC(CS(=O)(=O)Cl)O2. The zero-order chi connectivity index (χ0) is 23.0. The van der Waals surface area contributed by atoms with Gasteiger partial charge >= 0.3 is 6.18 Å². The Kier molecular flexibility index (Phi) is 6.50. The van der Waals surface area contributed by atoms with Gasteiger partial charge in [-0.2, -0.15) is 13.2 Å². The molecule has 0 amide bonds. The molecule has 0 aromatic heterocycles. The van der Waals surface area contributed by atoms with Crippen molar-refractivity contribution in [3.63, 3.8) is 0 Å². The monoisotopic (exact) mass is 497 g/mol. The van der Waals surface area contributed by atoms with Gasteiger partial charge < -0.3 is 4.74 Å². The van der Waals surface area contributed by atoms with Gasteiger partial charge in [-0.05, 0) is 42.3 Å². The molecular formula is C19H19ClF3NO5S2. The first kappa shape index (κ1) is 23.7. The van der Waals surface area contributed by atoms with Gasteiger partial charge in [0.05, 0.1) is 22.7 Å². The van der Waals surface area contributed by atoms with E-state index in [9.17, 15) is 30.0 Å². The standard InChI is InChI=1S/C19H19ClF3NO5S2/c1-2-4-13-7-8-18-17(9-13)24(11-15(29-18)12-30(20,25)26)31(27,28)16-6-3-5-14(10-16)19(21,22)23/h3,5-10,15H,2,4,11-12H2,1H3. The topological polar surface area (TPSA) is 80.8 Å². The molecule has 3 rings (SSSR count). The lowest BCUT2D eigenvalue weighted by Crippen LogP contribution is -2.46. The number of sulfonamides is 1. The third kappa shape index (κ3) is 5.45. The number of alkyl halides is 3. The summed E-state index contributed by atoms with van der Waals surface area (Å²) in [5.74, 6) is -0.564. The van der Waals surface area contributed by atoms with E-state index >= 15 is 0 Å². The highest BCUT2D eigenvalue weighted by molar-refractivity contribution is 8.13. The summed E-state index contributed by atoms with van der Waals surface area (Å²) in [6, 6.07) is 8.20. The molecule has 0 radical (unpaired) electrons. The summed E-state index contributed by atoms with van der Waals surface area (Å²) in [6.07, 6.45) is -4.43. The second-order valence-electron chi connectivity index (χ2n) is 7.06. The molecule has 0 saturated carbocycles. The average Bonchev–Trinajstić information content (AvgIpc) is 2.66. The lowest BCUT2D eigenvalue weighted by molar-refractivity contribution is -0.137. The summed E-state index contributed by atoms with van der Waals surface area (Å²) >= 11 is 0. The third-order valence-electron chi connectivity index (χ3n) is 4.63. The molecule has 0 spiro atoms. The fraction of sp³-hybridized carbons (Fsp3) is 0.368. The maximum absolute atomic E-state index is 13.3. The largest absolute Gasteiger partial charge is 0.485 e. The van der Waals surface area contributed by atoms with E-state index in [0.717, 1.165) is 34.5 Å². The predicted octanol–water partition coefficient (Wildman–Crippen LogP) is 4.18. The van der Waals surface area contributed by atoms with E-state index in [1.165, 1.54) is 6.07 Å². The van der Waals surface area contributed by atoms with E-state index in [4.69, 9.17) is 15.4 Å². The van der Waals surface area contributed by atoms with E-state index in [1.54, 1.807) is 12.1 Å². The maximum Gasteiger partial charge on any atom is 0.416 e. The number of rotatable bonds is 6. The van der Waals surface area contributed by atoms with Gasteiger partial charge in [0.2, 0.25) is 9.05 Å². The molecule has 0 fully saturated rings. The molecule has 1 aliphatic rings. The number of fused-ring (bicyclic) bond motifs is 1. The quantitative estimate of drug-likeness (QED) is 0.559. The van der Waals surface area contributed by atoms with Crippen LogP contribution in [0.4, 0.5) is 18.9 Å². The lowest BCUT2D eigenvalue weighted by atomic mass is 10.1. The number of aryl methyl sites for hydroxylation is 1. The molecule has 170 valence electrons. The third-order valence-corrected chi connectivity index (χ3v) is 7.55. The van der Waals surface area contributed by atoms with Crippen molar-refractivity contribution < 1.29 is 34.7 Å². The number of ether oxygens (including phenoxy) is 1. The van der Waals surface area contributed by atoms with Gasteiger partial charge in [-0.1, -0.05) is 25.5 Å². The Morgan fingerprint density at radius 3 is 2.45 bits per heavy atom. The highest BCUT2D eigenvalue weighted by atomic mass is 35.7. The van der Waals surface area contributed by atoms with Crippen molar-refractivity contribution in [2.75, 3.05) is 16.6 Å². The first-order valence-corrected chi connectivity index (χ1v) is 13.1. The van der Waals surface area contributed by atoms with Crippen LogP contribution in [0.5, 0.6) is 5.75 Å². The van der Waals surface area contributed by atoms with Crippen LogP contribution in [0.25, 0.3) is 0 Å². The van der Waals surface area contributed by atoms with Crippen LogP contribution in [-0.2, 0) is 31.7 Å². The molecule has 2 aromatic carbocycles. The molecule has 31 heavy (non-hydrogen) atoms. The zero-order valence-electron chi connectivity index (χ0n) is 16.3. The van der Waals surface area contributed by atoms with Crippen molar-refractivity contribution in [3.05, 3.63) is 53.6 Å². The van der Waals surface area contributed by atoms with Gasteiger partial charge in [-0.25, -0.2) is 16.8 Å². The van der Waals surface area contributed by atoms with Crippen LogP contribution < -0.4 is 9.04 Å². The van der Waals surface area contributed by atoms with Crippen molar-refractivity contribution >= 4 is 35.4 Å². The van der Waals surface area contributed by atoms with Crippen LogP contribution in [0.1, 0.15) is 24.5 Å². The van der Waals surface area contributed by atoms with E-state index in [-0.39, 0.29) is 11.4 Å². The molecule has 1 atom stereocenters. The zero-order valence-corrected chi connectivity index (χ0v) is 18.7. The minimum Gasteiger partial charge on any atom is -0.485 e. The number of hydrogen-bond acceptors (Lipinski definition) is 5. The van der Waals surface area contributed by atoms with Crippen LogP contribution in [0.2, 0.25) is 0 Å². The summed E-state index contributed by atoms with van der Waals surface area (Å²) in [7, 11) is -3.18. The van der Waals surface area contributed by atoms with Gasteiger partial charge in [0, 0.05) is 10.7 Å². The maximum atomic E-state index is 13.3. The van der Waals surface area contributed by atoms with Gasteiger partial charge in [0.15, 0.2) is 0 Å². The summed E-state index contributed by atoms with van der Waals surface area (Å²) in [4.78, 5) is -0.566. The second kappa shape index (κ2) is 8.51. The van der Waals surface area contributed by atoms with Crippen LogP contribution in [0.3, 0.4) is 0 Å². The minimum atomic E-state index is -4.72. The molecule has 1 heterocycles. The van der Waals surface area contributed by atoms with Crippen LogP contribution in [0.15, 0.2) is 47.4 Å². The fourth-order valence-corrected chi connectivity index (χ4v) is 5.88. The Bertz CT molecular complexity index is 1180. The Hall–Kier alpha value is -1.98. The van der Waals surface area contributed by atoms with E-state index < -0.39 is 54.1 Å². The van der Waals surface area contributed by atoms with Crippen LogP contribution >= 0.6 is 10.7 Å². The van der Waals surface area contributed by atoms with Crippen LogP contribution in [0, 0.1) is 0 Å². The first-order chi connectivity index (χ1) is 14.3. The highest BCUT2D eigenvalue weighted by Crippen LogP contribution is 2.39. The number of hydrogen-bond donors (Lipinski definition) is 0. The fourth-order valence-electron chi connectivity index (χ4n) is 3.30. The molecule has 1 aliphatic heterocycles. The minimum absolute atomic E-state index is 0.104. The first-order valence-electron chi connectivity index (χ1n) is 9.23. The van der Waals surface area contributed by atoms with Gasteiger partial charge in [-0.15, -0.1) is 0 Å². The van der Waals surface area contributed by atoms with Crippen molar-refractivity contribution in [2.24, 2.45) is 0 Å². The average molecular weight is 498 g/mol. The number of benzene rings is 2. The Balaban J connectivity index is 2.11. The van der Waals surface area contributed by atoms with Gasteiger partial charge in [-0.3, -0.25) is 4.31 Å². The van der Waals surface area contributed by atoms with Crippen molar-refractivity contribution in [2.45, 2.75) is 36.9 Å². The van der Waals surface area contributed by atoms with Gasteiger partial charge in [0.1, 0.15) is 17.6 Å². The normalized spacial score (nSPS) is 17.2. The predicted molar refractivity (Wildman–Crippen MR) is 110 cm³/mol. The van der Waals surface area contributed by atoms with Gasteiger partial charge in [0.25, 0.3) is 10.0 Å². The molecule has 0 saturated heterocycles. The molecule has 0 N–H and O–H groups in total. The Labute approximate surface area is 183 Å². The molecule has 0 bridgehead atoms. The highest BCUT2D eigenvalue weighted by Gasteiger charge is 2.38.